The molecule has 0 radical (unpaired) electrons. The highest BCUT2D eigenvalue weighted by Gasteiger charge is 2.41. The third-order valence-electron chi connectivity index (χ3n) is 3.56. The Balaban J connectivity index is 2.02. The van der Waals surface area contributed by atoms with Crippen LogP contribution in [0.4, 0.5) is 4.39 Å². The standard InChI is InChI=1S/C14H16FN3/c1-14(2)9-17-12(14)13-16-6-7-18(13)11-5-3-4-10(15)8-11/h3-8,12,17H,9H2,1-2H3/t12-/m1/s1. The topological polar surface area (TPSA) is 29.9 Å². The van der Waals surface area contributed by atoms with Gasteiger partial charge in [0.1, 0.15) is 11.6 Å². The van der Waals surface area contributed by atoms with Gasteiger partial charge < -0.3 is 9.88 Å². The van der Waals surface area contributed by atoms with Gasteiger partial charge in [-0.1, -0.05) is 19.9 Å². The van der Waals surface area contributed by atoms with E-state index in [4.69, 9.17) is 0 Å². The van der Waals surface area contributed by atoms with Crippen molar-refractivity contribution in [2.45, 2.75) is 19.9 Å². The number of rotatable bonds is 2. The Labute approximate surface area is 106 Å². The molecular formula is C14H16FN3. The van der Waals surface area contributed by atoms with Crippen molar-refractivity contribution in [1.82, 2.24) is 14.9 Å². The molecule has 1 saturated heterocycles. The van der Waals surface area contributed by atoms with Gasteiger partial charge in [0.05, 0.1) is 6.04 Å². The van der Waals surface area contributed by atoms with Gasteiger partial charge in [-0.2, -0.15) is 0 Å². The van der Waals surface area contributed by atoms with Crippen LogP contribution in [0.2, 0.25) is 0 Å². The van der Waals surface area contributed by atoms with Crippen LogP contribution in [0.5, 0.6) is 0 Å². The zero-order valence-electron chi connectivity index (χ0n) is 10.5. The van der Waals surface area contributed by atoms with E-state index in [0.717, 1.165) is 18.1 Å². The van der Waals surface area contributed by atoms with Crippen LogP contribution in [0, 0.1) is 11.2 Å². The van der Waals surface area contributed by atoms with Crippen molar-refractivity contribution in [1.29, 1.82) is 0 Å². The van der Waals surface area contributed by atoms with E-state index >= 15 is 0 Å². The summed E-state index contributed by atoms with van der Waals surface area (Å²) < 4.78 is 15.2. The second kappa shape index (κ2) is 3.92. The number of benzene rings is 1. The molecule has 3 rings (SSSR count). The van der Waals surface area contributed by atoms with Gasteiger partial charge in [-0.15, -0.1) is 0 Å². The molecule has 0 spiro atoms. The lowest BCUT2D eigenvalue weighted by Crippen LogP contribution is -2.53. The SMILES string of the molecule is CC1(C)CN[C@@H]1c1nccn1-c1cccc(F)c1. The van der Waals surface area contributed by atoms with E-state index in [1.165, 1.54) is 12.1 Å². The van der Waals surface area contributed by atoms with Crippen molar-refractivity contribution >= 4 is 0 Å². The first-order valence-corrected chi connectivity index (χ1v) is 6.10. The smallest absolute Gasteiger partial charge is 0.131 e. The fourth-order valence-electron chi connectivity index (χ4n) is 2.43. The lowest BCUT2D eigenvalue weighted by atomic mass is 9.77. The van der Waals surface area contributed by atoms with Gasteiger partial charge in [0.15, 0.2) is 0 Å². The van der Waals surface area contributed by atoms with Crippen molar-refractivity contribution in [2.75, 3.05) is 6.54 Å². The average Bonchev–Trinajstić information content (AvgIpc) is 2.76. The Morgan fingerprint density at radius 3 is 2.89 bits per heavy atom. The molecule has 3 nitrogen and oxygen atoms in total. The minimum atomic E-state index is -0.229. The molecular weight excluding hydrogens is 229 g/mol. The first-order valence-electron chi connectivity index (χ1n) is 6.10. The normalized spacial score (nSPS) is 21.6. The summed E-state index contributed by atoms with van der Waals surface area (Å²) >= 11 is 0. The minimum Gasteiger partial charge on any atom is -0.306 e. The van der Waals surface area contributed by atoms with Gasteiger partial charge in [0.25, 0.3) is 0 Å². The average molecular weight is 245 g/mol. The summed E-state index contributed by atoms with van der Waals surface area (Å²) in [6.07, 6.45) is 3.64. The predicted molar refractivity (Wildman–Crippen MR) is 68.0 cm³/mol. The Morgan fingerprint density at radius 2 is 2.28 bits per heavy atom. The maximum Gasteiger partial charge on any atom is 0.131 e. The van der Waals surface area contributed by atoms with Crippen LogP contribution in [0.15, 0.2) is 36.7 Å². The Hall–Kier alpha value is -1.68. The van der Waals surface area contributed by atoms with E-state index in [9.17, 15) is 4.39 Å². The summed E-state index contributed by atoms with van der Waals surface area (Å²) in [5.74, 6) is 0.713. The van der Waals surface area contributed by atoms with Crippen LogP contribution in [0.3, 0.4) is 0 Å². The molecule has 2 heterocycles. The van der Waals surface area contributed by atoms with Gasteiger partial charge in [-0.3, -0.25) is 0 Å². The molecule has 1 aliphatic rings. The minimum absolute atomic E-state index is 0.191. The summed E-state index contributed by atoms with van der Waals surface area (Å²) in [7, 11) is 0. The van der Waals surface area contributed by atoms with Gasteiger partial charge >= 0.3 is 0 Å². The van der Waals surface area contributed by atoms with Crippen LogP contribution < -0.4 is 5.32 Å². The zero-order valence-corrected chi connectivity index (χ0v) is 10.5. The molecule has 1 fully saturated rings. The molecule has 0 amide bonds. The van der Waals surface area contributed by atoms with E-state index < -0.39 is 0 Å². The van der Waals surface area contributed by atoms with Crippen molar-refractivity contribution in [3.63, 3.8) is 0 Å². The summed E-state index contributed by atoms with van der Waals surface area (Å²) in [6, 6.07) is 6.80. The molecule has 0 bridgehead atoms. The van der Waals surface area contributed by atoms with Crippen molar-refractivity contribution in [3.8, 4) is 5.69 Å². The van der Waals surface area contributed by atoms with Gasteiger partial charge in [-0.25, -0.2) is 9.37 Å². The third kappa shape index (κ3) is 1.73. The fourth-order valence-corrected chi connectivity index (χ4v) is 2.43. The van der Waals surface area contributed by atoms with Crippen LogP contribution in [-0.4, -0.2) is 16.1 Å². The van der Waals surface area contributed by atoms with E-state index in [0.29, 0.717) is 0 Å². The molecule has 1 aromatic carbocycles. The van der Waals surface area contributed by atoms with Crippen molar-refractivity contribution in [2.24, 2.45) is 5.41 Å². The molecule has 0 aliphatic carbocycles. The summed E-state index contributed by atoms with van der Waals surface area (Å²) in [5, 5.41) is 3.39. The van der Waals surface area contributed by atoms with Crippen molar-refractivity contribution in [3.05, 3.63) is 48.3 Å². The number of halogens is 1. The molecule has 0 unspecified atom stereocenters. The van der Waals surface area contributed by atoms with Crippen LogP contribution >= 0.6 is 0 Å². The van der Waals surface area contributed by atoms with Gasteiger partial charge in [-0.05, 0) is 23.6 Å². The molecule has 4 heteroatoms. The van der Waals surface area contributed by atoms with Gasteiger partial charge in [0, 0.05) is 24.6 Å². The number of aromatic nitrogens is 2. The highest BCUT2D eigenvalue weighted by Crippen LogP contribution is 2.39. The second-order valence-corrected chi connectivity index (χ2v) is 5.44. The van der Waals surface area contributed by atoms with E-state index in [2.05, 4.69) is 24.1 Å². The molecule has 18 heavy (non-hydrogen) atoms. The highest BCUT2D eigenvalue weighted by atomic mass is 19.1. The zero-order chi connectivity index (χ0) is 12.8. The van der Waals surface area contributed by atoms with Crippen LogP contribution in [0.25, 0.3) is 5.69 Å². The predicted octanol–water partition coefficient (Wildman–Crippen LogP) is 2.68. The summed E-state index contributed by atoms with van der Waals surface area (Å²) in [4.78, 5) is 4.42. The Bertz CT molecular complexity index is 574. The highest BCUT2D eigenvalue weighted by molar-refractivity contribution is 5.34. The van der Waals surface area contributed by atoms with E-state index in [1.54, 1.807) is 12.3 Å². The number of nitrogens with one attached hydrogen (secondary N) is 1. The molecule has 1 N–H and O–H groups in total. The molecule has 1 atom stereocenters. The maximum absolute atomic E-state index is 13.3. The first-order chi connectivity index (χ1) is 8.58. The summed E-state index contributed by atoms with van der Waals surface area (Å²) in [5.41, 5.74) is 1.00. The number of hydrogen-bond acceptors (Lipinski definition) is 2. The van der Waals surface area contributed by atoms with Crippen LogP contribution in [0.1, 0.15) is 25.7 Å². The fraction of sp³-hybridized carbons (Fsp3) is 0.357. The second-order valence-electron chi connectivity index (χ2n) is 5.44. The number of hydrogen-bond donors (Lipinski definition) is 1. The molecule has 1 aliphatic heterocycles. The number of imidazole rings is 1. The molecule has 0 saturated carbocycles. The molecule has 2 aromatic rings. The monoisotopic (exact) mass is 245 g/mol. The lowest BCUT2D eigenvalue weighted by Gasteiger charge is -2.45. The quantitative estimate of drug-likeness (QED) is 0.881. The van der Waals surface area contributed by atoms with E-state index in [1.807, 2.05) is 16.8 Å². The third-order valence-corrected chi connectivity index (χ3v) is 3.56. The maximum atomic E-state index is 13.3. The molecule has 94 valence electrons. The van der Waals surface area contributed by atoms with E-state index in [-0.39, 0.29) is 17.3 Å². The summed E-state index contributed by atoms with van der Waals surface area (Å²) in [6.45, 7) is 5.39. The van der Waals surface area contributed by atoms with Crippen molar-refractivity contribution < 1.29 is 4.39 Å². The first kappa shape index (κ1) is 11.4. The largest absolute Gasteiger partial charge is 0.306 e. The van der Waals surface area contributed by atoms with Gasteiger partial charge in [0.2, 0.25) is 0 Å². The van der Waals surface area contributed by atoms with Crippen LogP contribution in [-0.2, 0) is 0 Å². The number of nitrogens with zero attached hydrogens (tertiary/aromatic N) is 2. The Morgan fingerprint density at radius 1 is 1.44 bits per heavy atom. The Kier molecular flexibility index (Phi) is 2.48. The lowest BCUT2D eigenvalue weighted by molar-refractivity contribution is 0.119. The molecule has 1 aromatic heterocycles.